The van der Waals surface area contributed by atoms with Crippen molar-refractivity contribution in [3.63, 3.8) is 0 Å². The molecule has 8 nitrogen and oxygen atoms in total. The number of nitrogens with two attached hydrogens (primary N) is 1. The Balaban J connectivity index is 1.74. The Morgan fingerprint density at radius 3 is 2.13 bits per heavy atom. The normalized spacial score (nSPS) is 12.9. The van der Waals surface area contributed by atoms with Crippen LogP contribution >= 0.6 is 11.3 Å². The highest BCUT2D eigenvalue weighted by molar-refractivity contribution is 7.21. The van der Waals surface area contributed by atoms with Gasteiger partial charge in [-0.1, -0.05) is 12.5 Å². The summed E-state index contributed by atoms with van der Waals surface area (Å²) in [5, 5.41) is 0.795. The second-order valence-electron chi connectivity index (χ2n) is 9.31. The van der Waals surface area contributed by atoms with Crippen molar-refractivity contribution in [2.24, 2.45) is 0 Å². The van der Waals surface area contributed by atoms with Gasteiger partial charge < -0.3 is 29.4 Å². The van der Waals surface area contributed by atoms with Gasteiger partial charge in [-0.3, -0.25) is 4.79 Å². The third kappa shape index (κ3) is 4.61. The van der Waals surface area contributed by atoms with E-state index in [9.17, 15) is 4.79 Å². The molecule has 0 fully saturated rings. The number of carbonyl (C=O) groups is 1. The SMILES string of the molecule is COc1ccc(-c2c3c(nc4sc(C(=O)c5cc(OC)c(OC)c(OC)c5)c(N)c24)CCCCC3)cc1OC. The van der Waals surface area contributed by atoms with E-state index in [4.69, 9.17) is 34.4 Å². The molecular formula is C30H32N2O6S. The van der Waals surface area contributed by atoms with Crippen molar-refractivity contribution in [1.82, 2.24) is 4.98 Å². The van der Waals surface area contributed by atoms with Gasteiger partial charge in [-0.25, -0.2) is 4.98 Å². The van der Waals surface area contributed by atoms with E-state index >= 15 is 0 Å². The van der Waals surface area contributed by atoms with Crippen LogP contribution in [0.5, 0.6) is 28.7 Å². The number of benzene rings is 2. The number of hydrogen-bond donors (Lipinski definition) is 1. The van der Waals surface area contributed by atoms with E-state index in [1.54, 1.807) is 26.4 Å². The average molecular weight is 549 g/mol. The number of nitrogens with zero attached hydrogens (tertiary/aromatic N) is 1. The summed E-state index contributed by atoms with van der Waals surface area (Å²) in [6.45, 7) is 0. The Morgan fingerprint density at radius 2 is 1.49 bits per heavy atom. The van der Waals surface area contributed by atoms with Crippen LogP contribution in [0.1, 0.15) is 45.8 Å². The molecule has 1 aliphatic carbocycles. The van der Waals surface area contributed by atoms with Gasteiger partial charge in [0.15, 0.2) is 23.0 Å². The molecule has 0 unspecified atom stereocenters. The highest BCUT2D eigenvalue weighted by atomic mass is 32.1. The zero-order valence-electron chi connectivity index (χ0n) is 22.8. The Hall–Kier alpha value is -3.98. The van der Waals surface area contributed by atoms with Gasteiger partial charge in [-0.05, 0) is 66.6 Å². The largest absolute Gasteiger partial charge is 0.493 e. The number of ketones is 1. The number of ether oxygens (including phenoxy) is 5. The molecule has 2 heterocycles. The van der Waals surface area contributed by atoms with Crippen molar-refractivity contribution in [2.75, 3.05) is 41.3 Å². The number of rotatable bonds is 8. The summed E-state index contributed by atoms with van der Waals surface area (Å²) in [6.07, 6.45) is 5.08. The van der Waals surface area contributed by atoms with Gasteiger partial charge in [-0.2, -0.15) is 0 Å². The van der Waals surface area contributed by atoms with Crippen molar-refractivity contribution in [3.8, 4) is 39.9 Å². The molecule has 0 radical (unpaired) electrons. The lowest BCUT2D eigenvalue weighted by atomic mass is 9.92. The molecule has 204 valence electrons. The Kier molecular flexibility index (Phi) is 7.52. The highest BCUT2D eigenvalue weighted by Crippen LogP contribution is 2.46. The fourth-order valence-corrected chi connectivity index (χ4v) is 6.39. The van der Waals surface area contributed by atoms with E-state index in [0.29, 0.717) is 44.9 Å². The van der Waals surface area contributed by atoms with Crippen LogP contribution < -0.4 is 29.4 Å². The number of thiophene rings is 1. The zero-order chi connectivity index (χ0) is 27.7. The first-order chi connectivity index (χ1) is 18.9. The standard InChI is InChI=1S/C30H32N2O6S/c1-34-20-12-11-16(13-21(20)35-2)24-18-9-7-6-8-10-19(18)32-30-25(24)26(31)29(39-30)27(33)17-14-22(36-3)28(38-5)23(15-17)37-4/h11-15H,6-10,31H2,1-5H3. The number of nitrogen functional groups attached to an aromatic ring is 1. The summed E-state index contributed by atoms with van der Waals surface area (Å²) >= 11 is 1.32. The molecule has 9 heteroatoms. The number of aryl methyl sites for hydroxylation is 1. The number of methoxy groups -OCH3 is 5. The third-order valence-corrected chi connectivity index (χ3v) is 8.31. The van der Waals surface area contributed by atoms with Gasteiger partial charge in [0.05, 0.1) is 41.2 Å². The van der Waals surface area contributed by atoms with Crippen molar-refractivity contribution in [3.05, 3.63) is 52.0 Å². The molecule has 0 aliphatic heterocycles. The number of hydrogen-bond acceptors (Lipinski definition) is 9. The van der Waals surface area contributed by atoms with Crippen LogP contribution in [0, 0.1) is 0 Å². The fraction of sp³-hybridized carbons (Fsp3) is 0.333. The molecule has 2 N–H and O–H groups in total. The van der Waals surface area contributed by atoms with Gasteiger partial charge in [0.2, 0.25) is 11.5 Å². The lowest BCUT2D eigenvalue weighted by Gasteiger charge is -2.16. The lowest BCUT2D eigenvalue weighted by molar-refractivity contribution is 0.104. The Morgan fingerprint density at radius 1 is 0.821 bits per heavy atom. The summed E-state index contributed by atoms with van der Waals surface area (Å²) in [5.74, 6) is 2.26. The van der Waals surface area contributed by atoms with Gasteiger partial charge in [0.25, 0.3) is 0 Å². The van der Waals surface area contributed by atoms with Gasteiger partial charge in [0.1, 0.15) is 9.71 Å². The number of anilines is 1. The maximum absolute atomic E-state index is 13.9. The van der Waals surface area contributed by atoms with E-state index in [1.165, 1.54) is 38.2 Å². The van der Waals surface area contributed by atoms with Crippen molar-refractivity contribution >= 4 is 33.0 Å². The smallest absolute Gasteiger partial charge is 0.205 e. The molecule has 39 heavy (non-hydrogen) atoms. The minimum Gasteiger partial charge on any atom is -0.493 e. The minimum absolute atomic E-state index is 0.233. The van der Waals surface area contributed by atoms with Crippen LogP contribution in [-0.2, 0) is 12.8 Å². The van der Waals surface area contributed by atoms with E-state index in [-0.39, 0.29) is 5.78 Å². The molecule has 5 rings (SSSR count). The lowest BCUT2D eigenvalue weighted by Crippen LogP contribution is -2.05. The van der Waals surface area contributed by atoms with Crippen LogP contribution in [0.3, 0.4) is 0 Å². The summed E-state index contributed by atoms with van der Waals surface area (Å²) < 4.78 is 27.5. The van der Waals surface area contributed by atoms with E-state index in [1.807, 2.05) is 18.2 Å². The van der Waals surface area contributed by atoms with Crippen molar-refractivity contribution in [1.29, 1.82) is 0 Å². The highest BCUT2D eigenvalue weighted by Gasteiger charge is 2.27. The molecule has 0 saturated heterocycles. The number of aromatic nitrogens is 1. The molecule has 0 saturated carbocycles. The van der Waals surface area contributed by atoms with Gasteiger partial charge in [-0.15, -0.1) is 11.3 Å². The molecule has 2 aromatic heterocycles. The maximum atomic E-state index is 13.9. The zero-order valence-corrected chi connectivity index (χ0v) is 23.6. The monoisotopic (exact) mass is 548 g/mol. The molecule has 4 aromatic rings. The topological polar surface area (TPSA) is 102 Å². The predicted molar refractivity (Wildman–Crippen MR) is 153 cm³/mol. The molecule has 0 amide bonds. The third-order valence-electron chi connectivity index (χ3n) is 7.21. The summed E-state index contributed by atoms with van der Waals surface area (Å²) in [5.41, 5.74) is 11.8. The van der Waals surface area contributed by atoms with Gasteiger partial charge >= 0.3 is 0 Å². The second-order valence-corrected chi connectivity index (χ2v) is 10.3. The first-order valence-electron chi connectivity index (χ1n) is 12.8. The number of fused-ring (bicyclic) bond motifs is 2. The fourth-order valence-electron chi connectivity index (χ4n) is 5.31. The van der Waals surface area contributed by atoms with E-state index in [0.717, 1.165) is 59.1 Å². The van der Waals surface area contributed by atoms with Crippen LogP contribution in [0.2, 0.25) is 0 Å². The van der Waals surface area contributed by atoms with Crippen LogP contribution in [-0.4, -0.2) is 46.3 Å². The predicted octanol–water partition coefficient (Wildman–Crippen LogP) is 6.09. The number of carbonyl (C=O) groups excluding carboxylic acids is 1. The van der Waals surface area contributed by atoms with E-state index in [2.05, 4.69) is 0 Å². The minimum atomic E-state index is -0.233. The van der Waals surface area contributed by atoms with Crippen LogP contribution in [0.15, 0.2) is 30.3 Å². The first-order valence-corrected chi connectivity index (χ1v) is 13.6. The summed E-state index contributed by atoms with van der Waals surface area (Å²) in [6, 6.07) is 9.17. The molecule has 0 atom stereocenters. The first kappa shape index (κ1) is 26.6. The van der Waals surface area contributed by atoms with E-state index < -0.39 is 0 Å². The molecular weight excluding hydrogens is 516 g/mol. The molecule has 1 aliphatic rings. The van der Waals surface area contributed by atoms with Crippen molar-refractivity contribution in [2.45, 2.75) is 32.1 Å². The van der Waals surface area contributed by atoms with Crippen LogP contribution in [0.4, 0.5) is 5.69 Å². The summed E-state index contributed by atoms with van der Waals surface area (Å²) in [7, 11) is 7.80. The Labute approximate surface area is 231 Å². The number of pyridine rings is 1. The summed E-state index contributed by atoms with van der Waals surface area (Å²) in [4.78, 5) is 20.1. The second kappa shape index (κ2) is 11.0. The molecule has 0 bridgehead atoms. The molecule has 0 spiro atoms. The van der Waals surface area contributed by atoms with Crippen LogP contribution in [0.25, 0.3) is 21.3 Å². The quantitative estimate of drug-likeness (QED) is 0.209. The molecule has 2 aromatic carbocycles. The average Bonchev–Trinajstić information content (AvgIpc) is 3.13. The Bertz CT molecular complexity index is 1540. The van der Waals surface area contributed by atoms with Crippen molar-refractivity contribution < 1.29 is 28.5 Å². The maximum Gasteiger partial charge on any atom is 0.205 e. The van der Waals surface area contributed by atoms with Gasteiger partial charge in [0, 0.05) is 16.6 Å².